The van der Waals surface area contributed by atoms with E-state index in [1.165, 1.54) is 11.3 Å². The number of nitrogens with one attached hydrogen (secondary N) is 2. The largest absolute Gasteiger partial charge is 0.464 e. The minimum Gasteiger partial charge on any atom is -0.464 e. The molecular weight excluding hydrogens is 380 g/mol. The van der Waals surface area contributed by atoms with Crippen molar-refractivity contribution < 1.29 is 18.7 Å². The third kappa shape index (κ3) is 4.00. The van der Waals surface area contributed by atoms with Gasteiger partial charge in [0.2, 0.25) is 5.91 Å². The van der Waals surface area contributed by atoms with Crippen molar-refractivity contribution in [1.82, 2.24) is 15.8 Å². The normalized spacial score (nSPS) is 14.2. The highest BCUT2D eigenvalue weighted by Crippen LogP contribution is 2.23. The Morgan fingerprint density at radius 3 is 2.89 bits per heavy atom. The summed E-state index contributed by atoms with van der Waals surface area (Å²) in [5, 5.41) is 3.35. The number of hydrogen-bond acceptors (Lipinski definition) is 7. The number of ether oxygens (including phenoxy) is 1. The van der Waals surface area contributed by atoms with E-state index in [1.807, 2.05) is 25.1 Å². The lowest BCUT2D eigenvalue weighted by molar-refractivity contribution is -0.121. The fourth-order valence-electron chi connectivity index (χ4n) is 3.00. The molecule has 0 radical (unpaired) electrons. The van der Waals surface area contributed by atoms with Gasteiger partial charge in [-0.15, -0.1) is 11.3 Å². The number of aromatic nitrogens is 1. The van der Waals surface area contributed by atoms with Gasteiger partial charge in [0.05, 0.1) is 25.9 Å². The summed E-state index contributed by atoms with van der Waals surface area (Å²) in [6.45, 7) is 4.79. The number of benzene rings is 1. The average molecular weight is 400 g/mol. The van der Waals surface area contributed by atoms with Gasteiger partial charge in [-0.05, 0) is 18.6 Å². The van der Waals surface area contributed by atoms with Gasteiger partial charge < -0.3 is 14.1 Å². The molecule has 1 aliphatic heterocycles. The maximum Gasteiger partial charge on any atom is 0.289 e. The van der Waals surface area contributed by atoms with E-state index in [2.05, 4.69) is 20.7 Å². The standard InChI is InChI=1S/C19H20N4O4S/c1-12-2-3-14-13(10-27-16(14)8-12)9-17(24)21-22-18(25)15-11-28-19(20-15)23-4-6-26-7-5-23/h2-3,8,10-11H,4-7,9H2,1H3,(H,21,24)(H,22,25). The molecule has 1 fully saturated rings. The van der Waals surface area contributed by atoms with Crippen molar-refractivity contribution in [3.63, 3.8) is 0 Å². The molecule has 3 heterocycles. The smallest absolute Gasteiger partial charge is 0.289 e. The lowest BCUT2D eigenvalue weighted by Crippen LogP contribution is -2.42. The second-order valence-electron chi connectivity index (χ2n) is 6.55. The Bertz CT molecular complexity index is 1010. The fourth-order valence-corrected chi connectivity index (χ4v) is 3.86. The Labute approximate surface area is 165 Å². The predicted octanol–water partition coefficient (Wildman–Crippen LogP) is 2.04. The quantitative estimate of drug-likeness (QED) is 0.651. The van der Waals surface area contributed by atoms with Gasteiger partial charge in [0.1, 0.15) is 11.3 Å². The van der Waals surface area contributed by atoms with E-state index < -0.39 is 5.91 Å². The summed E-state index contributed by atoms with van der Waals surface area (Å²) in [6, 6.07) is 5.82. The molecule has 2 aromatic heterocycles. The van der Waals surface area contributed by atoms with E-state index in [-0.39, 0.29) is 18.0 Å². The van der Waals surface area contributed by atoms with Crippen LogP contribution in [0.25, 0.3) is 11.0 Å². The summed E-state index contributed by atoms with van der Waals surface area (Å²) in [4.78, 5) is 30.9. The van der Waals surface area contributed by atoms with E-state index in [4.69, 9.17) is 9.15 Å². The van der Waals surface area contributed by atoms with Crippen LogP contribution < -0.4 is 15.8 Å². The number of carbonyl (C=O) groups excluding carboxylic acids is 2. The number of amides is 2. The highest BCUT2D eigenvalue weighted by molar-refractivity contribution is 7.13. The Morgan fingerprint density at radius 2 is 2.07 bits per heavy atom. The van der Waals surface area contributed by atoms with Crippen molar-refractivity contribution in [2.45, 2.75) is 13.3 Å². The molecule has 3 aromatic rings. The Morgan fingerprint density at radius 1 is 1.25 bits per heavy atom. The van der Waals surface area contributed by atoms with Crippen LogP contribution in [0.15, 0.2) is 34.3 Å². The van der Waals surface area contributed by atoms with Gasteiger partial charge in [0, 0.05) is 29.4 Å². The summed E-state index contributed by atoms with van der Waals surface area (Å²) in [5.41, 5.74) is 7.72. The van der Waals surface area contributed by atoms with Gasteiger partial charge >= 0.3 is 0 Å². The molecule has 146 valence electrons. The van der Waals surface area contributed by atoms with Gasteiger partial charge in [0.15, 0.2) is 5.13 Å². The third-order valence-electron chi connectivity index (χ3n) is 4.48. The molecule has 2 amide bonds. The minimum atomic E-state index is -0.447. The monoisotopic (exact) mass is 400 g/mol. The lowest BCUT2D eigenvalue weighted by atomic mass is 10.1. The zero-order chi connectivity index (χ0) is 19.5. The molecule has 1 aliphatic rings. The van der Waals surface area contributed by atoms with Crippen LogP contribution in [-0.2, 0) is 16.0 Å². The van der Waals surface area contributed by atoms with Crippen molar-refractivity contribution in [3.8, 4) is 0 Å². The van der Waals surface area contributed by atoms with Crippen molar-refractivity contribution >= 4 is 39.3 Å². The summed E-state index contributed by atoms with van der Waals surface area (Å²) in [5.74, 6) is -0.781. The Kier molecular flexibility index (Phi) is 5.27. The van der Waals surface area contributed by atoms with Crippen LogP contribution >= 0.6 is 11.3 Å². The summed E-state index contributed by atoms with van der Waals surface area (Å²) in [7, 11) is 0. The van der Waals surface area contributed by atoms with Crippen LogP contribution in [-0.4, -0.2) is 43.1 Å². The number of rotatable bonds is 4. The van der Waals surface area contributed by atoms with Gasteiger partial charge in [-0.2, -0.15) is 0 Å². The van der Waals surface area contributed by atoms with Crippen molar-refractivity contribution in [2.75, 3.05) is 31.2 Å². The second-order valence-corrected chi connectivity index (χ2v) is 7.39. The number of hydrazine groups is 1. The molecule has 1 aromatic carbocycles. The molecule has 0 aliphatic carbocycles. The van der Waals surface area contributed by atoms with Crippen LogP contribution in [0.3, 0.4) is 0 Å². The first-order valence-electron chi connectivity index (χ1n) is 8.94. The Balaban J connectivity index is 1.33. The van der Waals surface area contributed by atoms with Gasteiger partial charge in [-0.1, -0.05) is 12.1 Å². The molecule has 0 atom stereocenters. The van der Waals surface area contributed by atoms with Crippen LogP contribution in [0.4, 0.5) is 5.13 Å². The maximum absolute atomic E-state index is 12.3. The van der Waals surface area contributed by atoms with E-state index in [9.17, 15) is 9.59 Å². The van der Waals surface area contributed by atoms with Crippen molar-refractivity contribution in [2.24, 2.45) is 0 Å². The first-order chi connectivity index (χ1) is 13.6. The molecule has 8 nitrogen and oxygen atoms in total. The maximum atomic E-state index is 12.3. The Hall–Kier alpha value is -2.91. The first-order valence-corrected chi connectivity index (χ1v) is 9.82. The SMILES string of the molecule is Cc1ccc2c(CC(=O)NNC(=O)c3csc(N4CCOCC4)n3)coc2c1. The number of thiazole rings is 1. The number of carbonyl (C=O) groups is 2. The predicted molar refractivity (Wildman–Crippen MR) is 105 cm³/mol. The van der Waals surface area contributed by atoms with Gasteiger partial charge in [-0.25, -0.2) is 4.98 Å². The molecule has 4 rings (SSSR count). The minimum absolute atomic E-state index is 0.104. The van der Waals surface area contributed by atoms with E-state index >= 15 is 0 Å². The van der Waals surface area contributed by atoms with Crippen LogP contribution in [0.5, 0.6) is 0 Å². The summed E-state index contributed by atoms with van der Waals surface area (Å²) < 4.78 is 10.8. The number of anilines is 1. The van der Waals surface area contributed by atoms with Gasteiger partial charge in [-0.3, -0.25) is 20.4 Å². The van der Waals surface area contributed by atoms with Crippen molar-refractivity contribution in [3.05, 3.63) is 46.7 Å². The van der Waals surface area contributed by atoms with Crippen LogP contribution in [0.1, 0.15) is 21.6 Å². The number of furan rings is 1. The first kappa shape index (κ1) is 18.5. The molecule has 1 saturated heterocycles. The molecular formula is C19H20N4O4S. The van der Waals surface area contributed by atoms with E-state index in [1.54, 1.807) is 11.6 Å². The lowest BCUT2D eigenvalue weighted by Gasteiger charge is -2.25. The number of nitrogens with zero attached hydrogens (tertiary/aromatic N) is 2. The van der Waals surface area contributed by atoms with Gasteiger partial charge in [0.25, 0.3) is 5.91 Å². The van der Waals surface area contributed by atoms with Crippen LogP contribution in [0, 0.1) is 6.92 Å². The molecule has 0 unspecified atom stereocenters. The second kappa shape index (κ2) is 7.99. The molecule has 28 heavy (non-hydrogen) atoms. The molecule has 0 bridgehead atoms. The number of aryl methyl sites for hydroxylation is 1. The summed E-state index contributed by atoms with van der Waals surface area (Å²) in [6.07, 6.45) is 1.67. The topological polar surface area (TPSA) is 96.7 Å². The molecule has 0 spiro atoms. The number of fused-ring (bicyclic) bond motifs is 1. The van der Waals surface area contributed by atoms with Crippen LogP contribution in [0.2, 0.25) is 0 Å². The zero-order valence-electron chi connectivity index (χ0n) is 15.4. The highest BCUT2D eigenvalue weighted by Gasteiger charge is 2.18. The molecule has 2 N–H and O–H groups in total. The summed E-state index contributed by atoms with van der Waals surface area (Å²) >= 11 is 1.40. The zero-order valence-corrected chi connectivity index (χ0v) is 16.2. The fraction of sp³-hybridized carbons (Fsp3) is 0.316. The van der Waals surface area contributed by atoms with Crippen molar-refractivity contribution in [1.29, 1.82) is 0 Å². The van der Waals surface area contributed by atoms with E-state index in [0.29, 0.717) is 13.2 Å². The van der Waals surface area contributed by atoms with E-state index in [0.717, 1.165) is 40.3 Å². The average Bonchev–Trinajstić information content (AvgIpc) is 3.34. The number of hydrogen-bond donors (Lipinski definition) is 2. The molecule has 0 saturated carbocycles. The number of morpholine rings is 1. The molecule has 9 heteroatoms. The third-order valence-corrected chi connectivity index (χ3v) is 5.39. The highest BCUT2D eigenvalue weighted by atomic mass is 32.1.